The predicted octanol–water partition coefficient (Wildman–Crippen LogP) is 2.89. The van der Waals surface area contributed by atoms with Gasteiger partial charge in [-0.25, -0.2) is 5.84 Å². The van der Waals surface area contributed by atoms with Crippen LogP contribution in [0.4, 0.5) is 5.69 Å². The van der Waals surface area contributed by atoms with Gasteiger partial charge in [0.1, 0.15) is 6.04 Å². The number of quaternary nitrogens is 1. The number of rotatable bonds is 7. The third-order valence-electron chi connectivity index (χ3n) is 4.56. The third kappa shape index (κ3) is 5.58. The smallest absolute Gasteiger partial charge is 0.288 e. The molecule has 0 aliphatic rings. The van der Waals surface area contributed by atoms with E-state index in [9.17, 15) is 9.59 Å². The molecule has 0 bridgehead atoms. The van der Waals surface area contributed by atoms with E-state index >= 15 is 0 Å². The van der Waals surface area contributed by atoms with Crippen LogP contribution in [0.25, 0.3) is 0 Å². The Bertz CT molecular complexity index is 1030. The van der Waals surface area contributed by atoms with Gasteiger partial charge in [0.15, 0.2) is 6.54 Å². The summed E-state index contributed by atoms with van der Waals surface area (Å²) in [5.41, 5.74) is 4.92. The van der Waals surface area contributed by atoms with Crippen LogP contribution in [0.1, 0.15) is 27.5 Å². The summed E-state index contributed by atoms with van der Waals surface area (Å²) in [6.07, 6.45) is 0. The second kappa shape index (κ2) is 10.2. The highest BCUT2D eigenvalue weighted by molar-refractivity contribution is 6.31. The maximum absolute atomic E-state index is 12.8. The lowest BCUT2D eigenvalue weighted by atomic mass is 9.96. The molecule has 1 atom stereocenters. The molecule has 154 valence electrons. The zero-order valence-corrected chi connectivity index (χ0v) is 17.5. The second-order valence-electron chi connectivity index (χ2n) is 6.59. The van der Waals surface area contributed by atoms with E-state index in [1.807, 2.05) is 35.6 Å². The quantitative estimate of drug-likeness (QED) is 0.256. The molecule has 0 radical (unpaired) electrons. The van der Waals surface area contributed by atoms with Crippen LogP contribution >= 0.6 is 23.2 Å². The van der Waals surface area contributed by atoms with Crippen LogP contribution < -0.4 is 21.9 Å². The fraction of sp³-hybridized carbons (Fsp3) is 0.0909. The molecule has 0 aliphatic heterocycles. The van der Waals surface area contributed by atoms with Gasteiger partial charge < -0.3 is 10.6 Å². The molecule has 0 saturated heterocycles. The van der Waals surface area contributed by atoms with Crippen LogP contribution in [0.15, 0.2) is 72.8 Å². The van der Waals surface area contributed by atoms with E-state index in [2.05, 4.69) is 10.7 Å². The maximum Gasteiger partial charge on any atom is 0.288 e. The van der Waals surface area contributed by atoms with E-state index in [0.717, 1.165) is 11.1 Å². The maximum atomic E-state index is 12.8. The first kappa shape index (κ1) is 21.8. The highest BCUT2D eigenvalue weighted by Crippen LogP contribution is 2.29. The van der Waals surface area contributed by atoms with E-state index < -0.39 is 0 Å². The Kier molecular flexibility index (Phi) is 7.43. The summed E-state index contributed by atoms with van der Waals surface area (Å²) in [5, 5.41) is 5.85. The normalized spacial score (nSPS) is 11.6. The van der Waals surface area contributed by atoms with E-state index in [0.29, 0.717) is 21.3 Å². The van der Waals surface area contributed by atoms with Gasteiger partial charge in [0.2, 0.25) is 0 Å². The average Bonchev–Trinajstić information content (AvgIpc) is 2.76. The number of halogens is 2. The van der Waals surface area contributed by atoms with Crippen molar-refractivity contribution in [3.8, 4) is 0 Å². The molecule has 0 saturated carbocycles. The minimum Gasteiger partial charge on any atom is -0.328 e. The van der Waals surface area contributed by atoms with Crippen LogP contribution in [0.5, 0.6) is 0 Å². The molecule has 30 heavy (non-hydrogen) atoms. The summed E-state index contributed by atoms with van der Waals surface area (Å²) in [4.78, 5) is 24.5. The predicted molar refractivity (Wildman–Crippen MR) is 118 cm³/mol. The molecule has 3 aromatic carbocycles. The number of hydrogen-bond acceptors (Lipinski definition) is 3. The molecular formula is C22H21Cl2N4O2+. The standard InChI is InChI=1S/C22H20Cl2N4O2/c23-16-8-6-15(7-9-16)22(30)27-19-11-10-17(24)12-18(19)21(26-13-20(29)28-25)14-4-2-1-3-5-14/h1-12,21,26H,13,25H2,(H,27,30)(H,28,29)/p+1/t21-/m1/s1. The zero-order chi connectivity index (χ0) is 21.5. The molecule has 0 spiro atoms. The number of carbonyl (C=O) groups is 2. The SMILES string of the molecule is NNC(=O)C[NH2+][C@H](c1ccccc1)c1cc(Cl)ccc1NC(=O)c1ccc(Cl)cc1. The Morgan fingerprint density at radius 1 is 0.933 bits per heavy atom. The van der Waals surface area contributed by atoms with Crippen molar-refractivity contribution in [1.29, 1.82) is 0 Å². The molecule has 3 aromatic rings. The lowest BCUT2D eigenvalue weighted by molar-refractivity contribution is -0.676. The van der Waals surface area contributed by atoms with Gasteiger partial charge in [-0.2, -0.15) is 0 Å². The first-order chi connectivity index (χ1) is 14.5. The van der Waals surface area contributed by atoms with E-state index in [1.165, 1.54) is 0 Å². The Hall–Kier alpha value is -2.90. The Morgan fingerprint density at radius 3 is 2.27 bits per heavy atom. The number of nitrogens with two attached hydrogens (primary N) is 2. The second-order valence-corrected chi connectivity index (χ2v) is 7.46. The van der Waals surface area contributed by atoms with Crippen molar-refractivity contribution in [1.82, 2.24) is 5.43 Å². The average molecular weight is 444 g/mol. The number of hydrazine groups is 1. The van der Waals surface area contributed by atoms with Crippen LogP contribution in [-0.4, -0.2) is 18.4 Å². The summed E-state index contributed by atoms with van der Waals surface area (Å²) in [7, 11) is 0. The molecule has 3 rings (SSSR count). The Morgan fingerprint density at radius 2 is 1.60 bits per heavy atom. The monoisotopic (exact) mass is 443 g/mol. The van der Waals surface area contributed by atoms with Crippen molar-refractivity contribution in [2.45, 2.75) is 6.04 Å². The first-order valence-corrected chi connectivity index (χ1v) is 9.97. The summed E-state index contributed by atoms with van der Waals surface area (Å²) in [6.45, 7) is 0.104. The third-order valence-corrected chi connectivity index (χ3v) is 5.05. The van der Waals surface area contributed by atoms with Crippen molar-refractivity contribution in [3.05, 3.63) is 99.5 Å². The highest BCUT2D eigenvalue weighted by Gasteiger charge is 2.23. The molecule has 0 fully saturated rings. The fourth-order valence-corrected chi connectivity index (χ4v) is 3.39. The van der Waals surface area contributed by atoms with Gasteiger partial charge in [-0.05, 0) is 42.5 Å². The molecule has 2 amide bonds. The largest absolute Gasteiger partial charge is 0.328 e. The van der Waals surface area contributed by atoms with Crippen molar-refractivity contribution in [2.75, 3.05) is 11.9 Å². The van der Waals surface area contributed by atoms with Gasteiger partial charge >= 0.3 is 0 Å². The lowest BCUT2D eigenvalue weighted by Crippen LogP contribution is -2.88. The molecular weight excluding hydrogens is 423 g/mol. The molecule has 6 N–H and O–H groups in total. The minimum absolute atomic E-state index is 0.104. The van der Waals surface area contributed by atoms with Crippen LogP contribution in [0, 0.1) is 0 Å². The number of nitrogens with one attached hydrogen (secondary N) is 2. The van der Waals surface area contributed by atoms with Gasteiger partial charge in [-0.15, -0.1) is 0 Å². The Labute approximate surface area is 184 Å². The summed E-state index contributed by atoms with van der Waals surface area (Å²) in [6, 6.07) is 21.2. The van der Waals surface area contributed by atoms with Crippen LogP contribution in [-0.2, 0) is 4.79 Å². The molecule has 0 unspecified atom stereocenters. The number of hydrogen-bond donors (Lipinski definition) is 4. The summed E-state index contributed by atoms with van der Waals surface area (Å²) >= 11 is 12.2. The number of anilines is 1. The van der Waals surface area contributed by atoms with Crippen LogP contribution in [0.2, 0.25) is 10.0 Å². The van der Waals surface area contributed by atoms with Crippen molar-refractivity contribution in [3.63, 3.8) is 0 Å². The van der Waals surface area contributed by atoms with Crippen molar-refractivity contribution >= 4 is 40.7 Å². The zero-order valence-electron chi connectivity index (χ0n) is 15.9. The van der Waals surface area contributed by atoms with E-state index in [4.69, 9.17) is 29.0 Å². The number of amides is 2. The van der Waals surface area contributed by atoms with E-state index in [1.54, 1.807) is 42.5 Å². The molecule has 0 aromatic heterocycles. The highest BCUT2D eigenvalue weighted by atomic mass is 35.5. The Balaban J connectivity index is 1.96. The number of benzene rings is 3. The van der Waals surface area contributed by atoms with E-state index in [-0.39, 0.29) is 24.4 Å². The summed E-state index contributed by atoms with van der Waals surface area (Å²) in [5.74, 6) is 4.63. The van der Waals surface area contributed by atoms with Crippen molar-refractivity contribution in [2.24, 2.45) is 5.84 Å². The summed E-state index contributed by atoms with van der Waals surface area (Å²) < 4.78 is 0. The first-order valence-electron chi connectivity index (χ1n) is 9.22. The van der Waals surface area contributed by atoms with Gasteiger partial charge in [0.25, 0.3) is 11.8 Å². The van der Waals surface area contributed by atoms with Gasteiger partial charge in [0.05, 0.1) is 5.69 Å². The fourth-order valence-electron chi connectivity index (χ4n) is 3.09. The van der Waals surface area contributed by atoms with Crippen molar-refractivity contribution < 1.29 is 14.9 Å². The number of carbonyl (C=O) groups excluding carboxylic acids is 2. The topological polar surface area (TPSA) is 101 Å². The van der Waals surface area contributed by atoms with Gasteiger partial charge in [0, 0.05) is 26.7 Å². The molecule has 0 heterocycles. The minimum atomic E-state index is -0.315. The lowest BCUT2D eigenvalue weighted by Gasteiger charge is -2.20. The molecule has 6 nitrogen and oxygen atoms in total. The molecule has 0 aliphatic carbocycles. The molecule has 8 heteroatoms. The van der Waals surface area contributed by atoms with Gasteiger partial charge in [-0.1, -0.05) is 53.5 Å². The van der Waals surface area contributed by atoms with Gasteiger partial charge in [-0.3, -0.25) is 15.0 Å². The van der Waals surface area contributed by atoms with Crippen LogP contribution in [0.3, 0.4) is 0 Å².